The van der Waals surface area contributed by atoms with Gasteiger partial charge >= 0.3 is 0 Å². The number of hydrogen-bond donors (Lipinski definition) is 2. The molecule has 1 aliphatic carbocycles. The normalized spacial score (nSPS) is 15.4. The van der Waals surface area contributed by atoms with Crippen LogP contribution in [0.2, 0.25) is 0 Å². The molecule has 0 bridgehead atoms. The Balaban J connectivity index is 1.60. The molecule has 0 radical (unpaired) electrons. The monoisotopic (exact) mass is 195 g/mol. The maximum atomic E-state index is 11.2. The van der Waals surface area contributed by atoms with Crippen LogP contribution >= 0.6 is 0 Å². The Hall–Kier alpha value is -1.36. The molecule has 5 heteroatoms. The van der Waals surface area contributed by atoms with E-state index in [0.29, 0.717) is 19.1 Å². The van der Waals surface area contributed by atoms with Crippen molar-refractivity contribution in [3.63, 3.8) is 0 Å². The summed E-state index contributed by atoms with van der Waals surface area (Å²) in [5.74, 6) is 0.0592. The molecule has 1 amide bonds. The van der Waals surface area contributed by atoms with Gasteiger partial charge in [0.1, 0.15) is 6.26 Å². The van der Waals surface area contributed by atoms with Gasteiger partial charge in [0.05, 0.1) is 12.7 Å². The molecule has 14 heavy (non-hydrogen) atoms. The highest BCUT2D eigenvalue weighted by atomic mass is 16.5. The molecule has 0 aliphatic heterocycles. The lowest BCUT2D eigenvalue weighted by atomic mass is 10.3. The molecule has 2 rings (SSSR count). The van der Waals surface area contributed by atoms with Crippen molar-refractivity contribution in [2.75, 3.05) is 6.54 Å². The summed E-state index contributed by atoms with van der Waals surface area (Å²) >= 11 is 0. The lowest BCUT2D eigenvalue weighted by Gasteiger charge is -2.03. The minimum absolute atomic E-state index is 0.0592. The van der Waals surface area contributed by atoms with E-state index in [1.165, 1.54) is 0 Å². The molecular weight excluding hydrogens is 182 g/mol. The van der Waals surface area contributed by atoms with Crippen molar-refractivity contribution < 1.29 is 9.32 Å². The number of amides is 1. The van der Waals surface area contributed by atoms with E-state index in [1.54, 1.807) is 12.5 Å². The molecule has 0 unspecified atom stereocenters. The van der Waals surface area contributed by atoms with Gasteiger partial charge in [-0.1, -0.05) is 5.16 Å². The van der Waals surface area contributed by atoms with Crippen LogP contribution < -0.4 is 10.6 Å². The van der Waals surface area contributed by atoms with Crippen molar-refractivity contribution >= 4 is 5.91 Å². The largest absolute Gasteiger partial charge is 0.364 e. The van der Waals surface area contributed by atoms with Gasteiger partial charge in [0.2, 0.25) is 5.91 Å². The zero-order chi connectivity index (χ0) is 9.80. The molecule has 5 nitrogen and oxygen atoms in total. The lowest BCUT2D eigenvalue weighted by molar-refractivity contribution is -0.120. The van der Waals surface area contributed by atoms with Crippen LogP contribution in [-0.4, -0.2) is 23.7 Å². The third-order valence-corrected chi connectivity index (χ3v) is 2.04. The van der Waals surface area contributed by atoms with Crippen LogP contribution in [0.25, 0.3) is 0 Å². The highest BCUT2D eigenvalue weighted by Gasteiger charge is 2.22. The average molecular weight is 195 g/mol. The summed E-state index contributed by atoms with van der Waals surface area (Å²) in [6.45, 7) is 0.962. The maximum Gasteiger partial charge on any atom is 0.234 e. The second-order valence-electron chi connectivity index (χ2n) is 3.48. The van der Waals surface area contributed by atoms with E-state index in [2.05, 4.69) is 20.3 Å². The van der Waals surface area contributed by atoms with Gasteiger partial charge in [-0.2, -0.15) is 0 Å². The minimum atomic E-state index is 0.0592. The number of rotatable bonds is 5. The topological polar surface area (TPSA) is 67.2 Å². The van der Waals surface area contributed by atoms with Crippen molar-refractivity contribution in [2.24, 2.45) is 0 Å². The predicted molar refractivity (Wildman–Crippen MR) is 49.4 cm³/mol. The number of carbonyl (C=O) groups excluding carboxylic acids is 1. The van der Waals surface area contributed by atoms with Crippen LogP contribution in [0.15, 0.2) is 17.0 Å². The first kappa shape index (κ1) is 9.21. The van der Waals surface area contributed by atoms with Gasteiger partial charge in [0.25, 0.3) is 0 Å². The summed E-state index contributed by atoms with van der Waals surface area (Å²) in [6.07, 6.45) is 5.44. The van der Waals surface area contributed by atoms with Crippen LogP contribution in [0, 0.1) is 0 Å². The third-order valence-electron chi connectivity index (χ3n) is 2.04. The molecule has 0 aromatic carbocycles. The van der Waals surface area contributed by atoms with E-state index in [4.69, 9.17) is 0 Å². The number of aromatic nitrogens is 1. The summed E-state index contributed by atoms with van der Waals surface area (Å²) in [6, 6.07) is 0.430. The van der Waals surface area contributed by atoms with Crippen LogP contribution in [0.1, 0.15) is 18.4 Å². The van der Waals surface area contributed by atoms with E-state index in [9.17, 15) is 4.79 Å². The van der Waals surface area contributed by atoms with Gasteiger partial charge in [-0.05, 0) is 12.8 Å². The second-order valence-corrected chi connectivity index (χ2v) is 3.48. The average Bonchev–Trinajstić information content (AvgIpc) is 2.82. The fourth-order valence-corrected chi connectivity index (χ4v) is 1.14. The molecule has 1 saturated carbocycles. The minimum Gasteiger partial charge on any atom is -0.364 e. The highest BCUT2D eigenvalue weighted by molar-refractivity contribution is 5.78. The van der Waals surface area contributed by atoms with Crippen LogP contribution in [0.5, 0.6) is 0 Å². The van der Waals surface area contributed by atoms with Crippen LogP contribution in [-0.2, 0) is 11.3 Å². The summed E-state index contributed by atoms with van der Waals surface area (Å²) in [5.41, 5.74) is 0.948. The SMILES string of the molecule is O=C(CNCc1cnoc1)NC1CC1. The van der Waals surface area contributed by atoms with E-state index >= 15 is 0 Å². The van der Waals surface area contributed by atoms with Gasteiger partial charge < -0.3 is 15.2 Å². The standard InChI is InChI=1S/C9H13N3O2/c13-9(12-8-1-2-8)5-10-3-7-4-11-14-6-7/h4,6,8,10H,1-3,5H2,(H,12,13). The van der Waals surface area contributed by atoms with Crippen molar-refractivity contribution in [3.8, 4) is 0 Å². The molecule has 1 aliphatic rings. The number of nitrogens with one attached hydrogen (secondary N) is 2. The van der Waals surface area contributed by atoms with Gasteiger partial charge in [0, 0.05) is 18.2 Å². The molecule has 1 fully saturated rings. The number of hydrogen-bond acceptors (Lipinski definition) is 4. The second kappa shape index (κ2) is 4.23. The van der Waals surface area contributed by atoms with Crippen LogP contribution in [0.3, 0.4) is 0 Å². The lowest BCUT2D eigenvalue weighted by Crippen LogP contribution is -2.34. The highest BCUT2D eigenvalue weighted by Crippen LogP contribution is 2.18. The first-order chi connectivity index (χ1) is 6.84. The van der Waals surface area contributed by atoms with Crippen molar-refractivity contribution in [1.29, 1.82) is 0 Å². The summed E-state index contributed by atoms with van der Waals surface area (Å²) in [5, 5.41) is 9.46. The molecule has 1 heterocycles. The van der Waals surface area contributed by atoms with Crippen molar-refractivity contribution in [1.82, 2.24) is 15.8 Å². The van der Waals surface area contributed by atoms with Crippen molar-refractivity contribution in [2.45, 2.75) is 25.4 Å². The molecule has 0 atom stereocenters. The van der Waals surface area contributed by atoms with Crippen molar-refractivity contribution in [3.05, 3.63) is 18.0 Å². The van der Waals surface area contributed by atoms with Gasteiger partial charge in [-0.3, -0.25) is 4.79 Å². The first-order valence-corrected chi connectivity index (χ1v) is 4.73. The Morgan fingerprint density at radius 3 is 3.14 bits per heavy atom. The summed E-state index contributed by atoms with van der Waals surface area (Å²) in [7, 11) is 0. The fourth-order valence-electron chi connectivity index (χ4n) is 1.14. The van der Waals surface area contributed by atoms with Crippen LogP contribution in [0.4, 0.5) is 0 Å². The van der Waals surface area contributed by atoms with Gasteiger partial charge in [-0.15, -0.1) is 0 Å². The number of nitrogens with zero attached hydrogens (tertiary/aromatic N) is 1. The van der Waals surface area contributed by atoms with Gasteiger partial charge in [0.15, 0.2) is 0 Å². The Labute approximate surface area is 81.8 Å². The molecule has 2 N–H and O–H groups in total. The Morgan fingerprint density at radius 2 is 2.50 bits per heavy atom. The molecular formula is C9H13N3O2. The van der Waals surface area contributed by atoms with E-state index in [1.807, 2.05) is 0 Å². The molecule has 76 valence electrons. The first-order valence-electron chi connectivity index (χ1n) is 4.73. The zero-order valence-corrected chi connectivity index (χ0v) is 7.82. The Kier molecular flexibility index (Phi) is 2.78. The fraction of sp³-hybridized carbons (Fsp3) is 0.556. The van der Waals surface area contributed by atoms with E-state index in [0.717, 1.165) is 18.4 Å². The summed E-state index contributed by atoms with van der Waals surface area (Å²) in [4.78, 5) is 11.2. The molecule has 0 spiro atoms. The Bertz CT molecular complexity index is 293. The quantitative estimate of drug-likeness (QED) is 0.696. The molecule has 1 aromatic rings. The maximum absolute atomic E-state index is 11.2. The number of carbonyl (C=O) groups is 1. The smallest absolute Gasteiger partial charge is 0.234 e. The Morgan fingerprint density at radius 1 is 1.64 bits per heavy atom. The third kappa shape index (κ3) is 2.85. The van der Waals surface area contributed by atoms with E-state index in [-0.39, 0.29) is 5.91 Å². The summed E-state index contributed by atoms with van der Waals surface area (Å²) < 4.78 is 4.66. The molecule has 1 aromatic heterocycles. The molecule has 0 saturated heterocycles. The van der Waals surface area contributed by atoms with E-state index < -0.39 is 0 Å². The predicted octanol–water partition coefficient (Wildman–Crippen LogP) is 0.0428. The zero-order valence-electron chi connectivity index (χ0n) is 7.82. The van der Waals surface area contributed by atoms with Gasteiger partial charge in [-0.25, -0.2) is 0 Å².